The van der Waals surface area contributed by atoms with Crippen LogP contribution in [-0.4, -0.2) is 12.3 Å². The molecule has 0 saturated carbocycles. The van der Waals surface area contributed by atoms with Gasteiger partial charge in [0.2, 0.25) is 0 Å². The smallest absolute Gasteiger partial charge is 0.549 e. The first-order valence-corrected chi connectivity index (χ1v) is 2.38. The molecule has 0 amide bonds. The molecule has 0 bridgehead atoms. The molecule has 0 aliphatic rings. The van der Waals surface area contributed by atoms with Gasteiger partial charge in [0.05, 0.1) is 11.9 Å². The number of carboxylic acid groups (broad SMARTS) is 1. The Labute approximate surface area is 75.7 Å². The van der Waals surface area contributed by atoms with E-state index in [2.05, 4.69) is 0 Å². The third-order valence-electron chi connectivity index (χ3n) is 0.907. The zero-order chi connectivity index (χ0) is 6.57. The molecule has 0 aromatic carbocycles. The standard InChI is InChI=1S/C5H8O3.Na/c1-2-4(3-6)5(7)8;/h3-4H,2H2,1H3,(H,7,8);/q;+1/p-1. The van der Waals surface area contributed by atoms with Crippen LogP contribution in [0.1, 0.15) is 13.3 Å². The monoisotopic (exact) mass is 138 g/mol. The fourth-order valence-corrected chi connectivity index (χ4v) is 0.318. The van der Waals surface area contributed by atoms with Gasteiger partial charge in [-0.3, -0.25) is 0 Å². The van der Waals surface area contributed by atoms with E-state index in [1.54, 1.807) is 6.92 Å². The summed E-state index contributed by atoms with van der Waals surface area (Å²) in [4.78, 5) is 19.6. The normalized spacial score (nSPS) is 11.2. The Bertz CT molecular complexity index is 102. The van der Waals surface area contributed by atoms with Crippen LogP contribution in [0.25, 0.3) is 0 Å². The van der Waals surface area contributed by atoms with Crippen molar-refractivity contribution in [3.8, 4) is 0 Å². The second kappa shape index (κ2) is 6.26. The average Bonchev–Trinajstić information content (AvgIpc) is 1.69. The quantitative estimate of drug-likeness (QED) is 0.227. The van der Waals surface area contributed by atoms with Gasteiger partial charge in [0.15, 0.2) is 0 Å². The summed E-state index contributed by atoms with van der Waals surface area (Å²) in [5.41, 5.74) is 0. The van der Waals surface area contributed by atoms with Crippen molar-refractivity contribution in [1.82, 2.24) is 0 Å². The van der Waals surface area contributed by atoms with Crippen LogP contribution in [0.4, 0.5) is 0 Å². The molecule has 1 atom stereocenters. The van der Waals surface area contributed by atoms with E-state index in [9.17, 15) is 14.7 Å². The minimum atomic E-state index is -1.29. The summed E-state index contributed by atoms with van der Waals surface area (Å²) >= 11 is 0. The van der Waals surface area contributed by atoms with Crippen LogP contribution in [-0.2, 0) is 9.59 Å². The fraction of sp³-hybridized carbons (Fsp3) is 0.600. The zero-order valence-electron chi connectivity index (χ0n) is 5.59. The van der Waals surface area contributed by atoms with Gasteiger partial charge >= 0.3 is 29.6 Å². The molecular formula is C5H7NaO3. The van der Waals surface area contributed by atoms with Gasteiger partial charge in [0.25, 0.3) is 0 Å². The van der Waals surface area contributed by atoms with Gasteiger partial charge in [-0.05, 0) is 6.42 Å². The number of aldehydes is 1. The number of rotatable bonds is 3. The fourth-order valence-electron chi connectivity index (χ4n) is 0.318. The summed E-state index contributed by atoms with van der Waals surface area (Å²) in [7, 11) is 0. The minimum absolute atomic E-state index is 0. The number of aliphatic carboxylic acids is 1. The van der Waals surface area contributed by atoms with E-state index in [0.29, 0.717) is 12.7 Å². The molecule has 46 valence electrons. The molecule has 4 heteroatoms. The van der Waals surface area contributed by atoms with Crippen LogP contribution in [0.15, 0.2) is 0 Å². The van der Waals surface area contributed by atoms with Gasteiger partial charge in [-0.15, -0.1) is 0 Å². The van der Waals surface area contributed by atoms with Gasteiger partial charge in [-0.1, -0.05) is 6.92 Å². The van der Waals surface area contributed by atoms with E-state index in [1.807, 2.05) is 0 Å². The molecule has 0 spiro atoms. The van der Waals surface area contributed by atoms with E-state index in [-0.39, 0.29) is 29.6 Å². The average molecular weight is 138 g/mol. The van der Waals surface area contributed by atoms with Crippen LogP contribution in [0, 0.1) is 5.92 Å². The number of hydrogen-bond donors (Lipinski definition) is 0. The summed E-state index contributed by atoms with van der Waals surface area (Å²) in [5, 5.41) is 9.82. The molecule has 0 fully saturated rings. The van der Waals surface area contributed by atoms with Crippen LogP contribution in [0.2, 0.25) is 0 Å². The molecule has 0 radical (unpaired) electrons. The van der Waals surface area contributed by atoms with Gasteiger partial charge in [0, 0.05) is 0 Å². The molecule has 0 aromatic heterocycles. The van der Waals surface area contributed by atoms with Crippen molar-refractivity contribution in [3.05, 3.63) is 0 Å². The van der Waals surface area contributed by atoms with Crippen molar-refractivity contribution in [3.63, 3.8) is 0 Å². The largest absolute Gasteiger partial charge is 1.00 e. The second-order valence-corrected chi connectivity index (χ2v) is 1.47. The van der Waals surface area contributed by atoms with Crippen molar-refractivity contribution >= 4 is 12.3 Å². The predicted octanol–water partition coefficient (Wildman–Crippen LogP) is -4.03. The predicted molar refractivity (Wildman–Crippen MR) is 24.9 cm³/mol. The number of carbonyl (C=O) groups excluding carboxylic acids is 2. The van der Waals surface area contributed by atoms with Crippen LogP contribution in [0.3, 0.4) is 0 Å². The number of carboxylic acids is 1. The van der Waals surface area contributed by atoms with Crippen LogP contribution in [0.5, 0.6) is 0 Å². The van der Waals surface area contributed by atoms with Crippen LogP contribution >= 0.6 is 0 Å². The van der Waals surface area contributed by atoms with E-state index < -0.39 is 11.9 Å². The number of carbonyl (C=O) groups is 2. The van der Waals surface area contributed by atoms with Crippen molar-refractivity contribution in [1.29, 1.82) is 0 Å². The zero-order valence-corrected chi connectivity index (χ0v) is 7.59. The van der Waals surface area contributed by atoms with Gasteiger partial charge in [0.1, 0.15) is 6.29 Å². The van der Waals surface area contributed by atoms with Crippen molar-refractivity contribution in [2.24, 2.45) is 5.92 Å². The molecule has 0 aliphatic heterocycles. The van der Waals surface area contributed by atoms with E-state index in [4.69, 9.17) is 0 Å². The SMILES string of the molecule is CCC(C=O)C(=O)[O-].[Na+]. The minimum Gasteiger partial charge on any atom is -0.549 e. The molecule has 0 aromatic rings. The molecule has 0 rings (SSSR count). The maximum Gasteiger partial charge on any atom is 1.00 e. The summed E-state index contributed by atoms with van der Waals surface area (Å²) in [5.74, 6) is -2.21. The van der Waals surface area contributed by atoms with Gasteiger partial charge < -0.3 is 14.7 Å². The van der Waals surface area contributed by atoms with E-state index in [0.717, 1.165) is 0 Å². The first-order chi connectivity index (χ1) is 3.72. The summed E-state index contributed by atoms with van der Waals surface area (Å²) in [6, 6.07) is 0. The second-order valence-electron chi connectivity index (χ2n) is 1.47. The molecule has 9 heavy (non-hydrogen) atoms. The molecule has 1 unspecified atom stereocenters. The molecule has 0 heterocycles. The molecule has 0 aliphatic carbocycles. The van der Waals surface area contributed by atoms with E-state index in [1.165, 1.54) is 0 Å². The Morgan fingerprint density at radius 1 is 1.78 bits per heavy atom. The van der Waals surface area contributed by atoms with Crippen molar-refractivity contribution in [2.45, 2.75) is 13.3 Å². The van der Waals surface area contributed by atoms with Crippen LogP contribution < -0.4 is 34.7 Å². The maximum absolute atomic E-state index is 9.82. The molecule has 3 nitrogen and oxygen atoms in total. The third kappa shape index (κ3) is 4.63. The summed E-state index contributed by atoms with van der Waals surface area (Å²) < 4.78 is 0. The molecule has 0 N–H and O–H groups in total. The first kappa shape index (κ1) is 11.9. The number of hydrogen-bond acceptors (Lipinski definition) is 3. The third-order valence-corrected chi connectivity index (χ3v) is 0.907. The Balaban J connectivity index is 0. The first-order valence-electron chi connectivity index (χ1n) is 2.38. The maximum atomic E-state index is 9.82. The van der Waals surface area contributed by atoms with E-state index >= 15 is 0 Å². The summed E-state index contributed by atoms with van der Waals surface area (Å²) in [6.45, 7) is 1.62. The van der Waals surface area contributed by atoms with Crippen molar-refractivity contribution < 1.29 is 44.3 Å². The topological polar surface area (TPSA) is 57.2 Å². The Kier molecular flexibility index (Phi) is 8.27. The molecular weight excluding hydrogens is 131 g/mol. The Morgan fingerprint density at radius 2 is 2.22 bits per heavy atom. The van der Waals surface area contributed by atoms with Crippen molar-refractivity contribution in [2.75, 3.05) is 0 Å². The van der Waals surface area contributed by atoms with Gasteiger partial charge in [-0.25, -0.2) is 0 Å². The Morgan fingerprint density at radius 3 is 2.22 bits per heavy atom. The molecule has 0 saturated heterocycles. The Hall–Kier alpha value is 0.140. The summed E-state index contributed by atoms with van der Waals surface area (Å²) in [6.07, 6.45) is 0.696. The van der Waals surface area contributed by atoms with Gasteiger partial charge in [-0.2, -0.15) is 0 Å².